The van der Waals surface area contributed by atoms with Gasteiger partial charge in [-0.3, -0.25) is 9.59 Å². The van der Waals surface area contributed by atoms with Crippen molar-refractivity contribution in [3.63, 3.8) is 0 Å². The summed E-state index contributed by atoms with van der Waals surface area (Å²) in [4.78, 5) is 37.1. The van der Waals surface area contributed by atoms with E-state index < -0.39 is 24.3 Å². The van der Waals surface area contributed by atoms with Crippen LogP contribution in [0.3, 0.4) is 0 Å². The van der Waals surface area contributed by atoms with E-state index in [-0.39, 0.29) is 38.6 Å². The Bertz CT molecular complexity index is 1270. The number of hydrogen-bond donors (Lipinski definition) is 1. The Morgan fingerprint density at radius 2 is 0.934 bits per heavy atom. The first-order valence-corrected chi connectivity index (χ1v) is 23.8. The molecule has 0 aromatic rings. The molecular weight excluding hydrogens is 767 g/mol. The highest BCUT2D eigenvalue weighted by Gasteiger charge is 2.25. The van der Waals surface area contributed by atoms with Gasteiger partial charge in [0.2, 0.25) is 0 Å². The Balaban J connectivity index is 4.39. The number of ether oxygens (including phenoxy) is 4. The first kappa shape index (κ1) is 57.5. The average molecular weight is 855 g/mol. The Morgan fingerprint density at radius 3 is 1.41 bits per heavy atom. The van der Waals surface area contributed by atoms with E-state index in [1.54, 1.807) is 0 Å². The molecule has 0 fully saturated rings. The molecule has 2 atom stereocenters. The summed E-state index contributed by atoms with van der Waals surface area (Å²) in [5.74, 6) is -2.05. The van der Waals surface area contributed by atoms with Crippen molar-refractivity contribution in [3.8, 4) is 0 Å². The number of likely N-dealkylation sites (N-methyl/N-ethyl adjacent to an activating group) is 1. The zero-order valence-electron chi connectivity index (χ0n) is 39.3. The van der Waals surface area contributed by atoms with Crippen LogP contribution >= 0.6 is 0 Å². The Kier molecular flexibility index (Phi) is 40.6. The minimum absolute atomic E-state index is 0.179. The van der Waals surface area contributed by atoms with Gasteiger partial charge in [0, 0.05) is 12.8 Å². The van der Waals surface area contributed by atoms with E-state index in [9.17, 15) is 19.5 Å². The number of carboxylic acids is 1. The third-order valence-electron chi connectivity index (χ3n) is 9.64. The Hall–Kier alpha value is -3.53. The fourth-order valence-electron chi connectivity index (χ4n) is 5.94. The molecule has 0 saturated heterocycles. The summed E-state index contributed by atoms with van der Waals surface area (Å²) < 4.78 is 22.7. The van der Waals surface area contributed by atoms with E-state index in [1.165, 1.54) is 12.8 Å². The molecular formula is C52H88NO8+. The topological polar surface area (TPSA) is 108 Å². The number of esters is 2. The average Bonchev–Trinajstić information content (AvgIpc) is 3.22. The van der Waals surface area contributed by atoms with Crippen LogP contribution in [0, 0.1) is 0 Å². The zero-order chi connectivity index (χ0) is 44.9. The van der Waals surface area contributed by atoms with Gasteiger partial charge in [0.15, 0.2) is 6.10 Å². The van der Waals surface area contributed by atoms with Crippen LogP contribution in [0.25, 0.3) is 0 Å². The molecule has 0 radical (unpaired) electrons. The van der Waals surface area contributed by atoms with E-state index in [0.717, 1.165) is 122 Å². The summed E-state index contributed by atoms with van der Waals surface area (Å²) >= 11 is 0. The van der Waals surface area contributed by atoms with Crippen molar-refractivity contribution in [3.05, 3.63) is 85.1 Å². The highest BCUT2D eigenvalue weighted by Crippen LogP contribution is 2.13. The van der Waals surface area contributed by atoms with E-state index in [0.29, 0.717) is 17.4 Å². The second kappa shape index (κ2) is 43.1. The molecule has 0 saturated carbocycles. The molecule has 61 heavy (non-hydrogen) atoms. The van der Waals surface area contributed by atoms with Crippen molar-refractivity contribution in [2.24, 2.45) is 0 Å². The van der Waals surface area contributed by atoms with E-state index >= 15 is 0 Å². The zero-order valence-corrected chi connectivity index (χ0v) is 39.3. The minimum atomic E-state index is -1.52. The van der Waals surface area contributed by atoms with Gasteiger partial charge in [0.1, 0.15) is 13.2 Å². The van der Waals surface area contributed by atoms with E-state index in [2.05, 4.69) is 98.9 Å². The highest BCUT2D eigenvalue weighted by molar-refractivity contribution is 5.71. The number of rotatable bonds is 42. The van der Waals surface area contributed by atoms with Crippen molar-refractivity contribution in [1.29, 1.82) is 0 Å². The molecule has 0 aliphatic rings. The molecule has 0 aromatic carbocycles. The maximum Gasteiger partial charge on any atom is 0.361 e. The predicted octanol–water partition coefficient (Wildman–Crippen LogP) is 12.9. The van der Waals surface area contributed by atoms with Crippen LogP contribution in [0.1, 0.15) is 168 Å². The smallest absolute Gasteiger partial charge is 0.361 e. The first-order chi connectivity index (χ1) is 29.6. The summed E-state index contributed by atoms with van der Waals surface area (Å²) in [6, 6.07) is 0. The van der Waals surface area contributed by atoms with Gasteiger partial charge in [-0.1, -0.05) is 157 Å². The van der Waals surface area contributed by atoms with Crippen molar-refractivity contribution in [1.82, 2.24) is 0 Å². The fraction of sp³-hybridized carbons (Fsp3) is 0.673. The lowest BCUT2D eigenvalue weighted by Gasteiger charge is -2.25. The summed E-state index contributed by atoms with van der Waals surface area (Å²) in [6.45, 7) is 4.66. The molecule has 1 N–H and O–H groups in total. The van der Waals surface area contributed by atoms with Crippen LogP contribution in [-0.2, 0) is 33.3 Å². The minimum Gasteiger partial charge on any atom is -0.477 e. The molecule has 0 bridgehead atoms. The van der Waals surface area contributed by atoms with Crippen molar-refractivity contribution >= 4 is 17.9 Å². The third-order valence-corrected chi connectivity index (χ3v) is 9.64. The molecule has 9 nitrogen and oxygen atoms in total. The summed E-state index contributed by atoms with van der Waals surface area (Å²) in [5.41, 5.74) is 0. The largest absolute Gasteiger partial charge is 0.477 e. The van der Waals surface area contributed by atoms with Crippen LogP contribution in [0.15, 0.2) is 85.1 Å². The lowest BCUT2D eigenvalue weighted by Crippen LogP contribution is -2.40. The second-order valence-corrected chi connectivity index (χ2v) is 16.7. The van der Waals surface area contributed by atoms with Crippen LogP contribution in [0.2, 0.25) is 0 Å². The Morgan fingerprint density at radius 1 is 0.508 bits per heavy atom. The molecule has 9 heteroatoms. The van der Waals surface area contributed by atoms with Gasteiger partial charge in [0.25, 0.3) is 6.29 Å². The fourth-order valence-corrected chi connectivity index (χ4v) is 5.94. The van der Waals surface area contributed by atoms with Crippen LogP contribution in [0.4, 0.5) is 0 Å². The maximum atomic E-state index is 12.8. The summed E-state index contributed by atoms with van der Waals surface area (Å²) in [7, 11) is 5.94. The molecule has 0 aliphatic carbocycles. The van der Waals surface area contributed by atoms with Crippen molar-refractivity contribution in [2.75, 3.05) is 47.5 Å². The SMILES string of the molecule is CC/C=C\C/C=C\C/C=C\C/C=C\C/C=C\C/C=C\CCCCCCCCC(=O)OC(COC(=O)CCCCCCC/C=C\CCCC)COC(OCC[N+](C)(C)C)C(=O)O. The maximum absolute atomic E-state index is 12.8. The first-order valence-electron chi connectivity index (χ1n) is 23.8. The highest BCUT2D eigenvalue weighted by atomic mass is 16.7. The predicted molar refractivity (Wildman–Crippen MR) is 253 cm³/mol. The molecule has 0 rings (SSSR count). The van der Waals surface area contributed by atoms with Gasteiger partial charge in [-0.2, -0.15) is 0 Å². The molecule has 348 valence electrons. The molecule has 0 aliphatic heterocycles. The van der Waals surface area contributed by atoms with Gasteiger partial charge in [-0.05, 0) is 83.5 Å². The number of carbonyl (C=O) groups is 3. The normalized spacial score (nSPS) is 13.7. The van der Waals surface area contributed by atoms with E-state index in [1.807, 2.05) is 21.1 Å². The monoisotopic (exact) mass is 855 g/mol. The number of unbranched alkanes of at least 4 members (excludes halogenated alkanes) is 13. The number of quaternary nitrogens is 1. The van der Waals surface area contributed by atoms with Crippen molar-refractivity contribution < 1.29 is 42.9 Å². The summed E-state index contributed by atoms with van der Waals surface area (Å²) in [6.07, 6.45) is 52.2. The van der Waals surface area contributed by atoms with Gasteiger partial charge < -0.3 is 28.5 Å². The lowest BCUT2D eigenvalue weighted by molar-refractivity contribution is -0.870. The quantitative estimate of drug-likeness (QED) is 0.0213. The molecule has 0 spiro atoms. The van der Waals surface area contributed by atoms with Crippen LogP contribution in [0.5, 0.6) is 0 Å². The number of carboxylic acid groups (broad SMARTS) is 1. The summed E-state index contributed by atoms with van der Waals surface area (Å²) in [5, 5.41) is 9.64. The van der Waals surface area contributed by atoms with Gasteiger partial charge in [0.05, 0.1) is 34.4 Å². The number of carbonyl (C=O) groups excluding carboxylic acids is 2. The Labute approximate surface area is 372 Å². The number of aliphatic carboxylic acids is 1. The van der Waals surface area contributed by atoms with Crippen molar-refractivity contribution in [2.45, 2.75) is 180 Å². The third kappa shape index (κ3) is 44.3. The molecule has 0 aromatic heterocycles. The van der Waals surface area contributed by atoms with Crippen LogP contribution < -0.4 is 0 Å². The van der Waals surface area contributed by atoms with E-state index in [4.69, 9.17) is 18.9 Å². The standard InChI is InChI=1S/C52H87NO8/c1-6-8-10-12-14-16-18-19-20-21-22-23-24-25-26-27-28-29-30-31-33-35-37-39-41-43-50(55)61-48(47-60-52(51(56)57)58-45-44-53(3,4)5)46-59-49(54)42-40-38-36-34-32-17-15-13-11-9-7-2/h8,10,13-16,19-20,22-23,25-26,28-29,48,52H,6-7,9,11-12,17-18,21,24,27,30-47H2,1-5H3/p+1/b10-8-,15-13-,16-14-,20-19-,23-22-,26-25-,29-28-. The second-order valence-electron chi connectivity index (χ2n) is 16.7. The molecule has 0 amide bonds. The molecule has 0 heterocycles. The molecule has 2 unspecified atom stereocenters. The van der Waals surface area contributed by atoms with Gasteiger partial charge >= 0.3 is 17.9 Å². The lowest BCUT2D eigenvalue weighted by atomic mass is 10.1. The van der Waals surface area contributed by atoms with Crippen LogP contribution in [-0.4, -0.2) is 87.4 Å². The number of hydrogen-bond acceptors (Lipinski definition) is 7. The van der Waals surface area contributed by atoms with Gasteiger partial charge in [-0.15, -0.1) is 0 Å². The number of nitrogens with zero attached hydrogens (tertiary/aromatic N) is 1. The van der Waals surface area contributed by atoms with Gasteiger partial charge in [-0.25, -0.2) is 4.79 Å². The number of allylic oxidation sites excluding steroid dienone is 14.